The van der Waals surface area contributed by atoms with Crippen molar-refractivity contribution in [1.82, 2.24) is 0 Å². The number of hydrogen-bond acceptors (Lipinski definition) is 0. The summed E-state index contributed by atoms with van der Waals surface area (Å²) in [7, 11) is 0. The Balaban J connectivity index is 0.000000238. The molecule has 0 saturated heterocycles. The van der Waals surface area contributed by atoms with Crippen molar-refractivity contribution in [3.8, 4) is 22.3 Å². The molecule has 0 aliphatic carbocycles. The van der Waals surface area contributed by atoms with Gasteiger partial charge in [0.2, 0.25) is 0 Å². The van der Waals surface area contributed by atoms with E-state index in [0.717, 1.165) is 6.42 Å². The van der Waals surface area contributed by atoms with Gasteiger partial charge in [0.1, 0.15) is 0 Å². The van der Waals surface area contributed by atoms with Crippen LogP contribution in [0.5, 0.6) is 0 Å². The van der Waals surface area contributed by atoms with Gasteiger partial charge in [-0.05, 0) is 44.5 Å². The SMILES string of the molecule is CC(C)c1cc2c(-c3cccc4ccccc34)cccc2[cH-]1.CC(C)c1cc2c(-c3cccc4ccccc34)cccc2[cH-]1.[CH2-]C[CH2-].[Cl-].[Cl-].[Hf]. The van der Waals surface area contributed by atoms with E-state index < -0.39 is 0 Å². The first-order valence-corrected chi connectivity index (χ1v) is 16.8. The molecule has 0 N–H and O–H groups in total. The van der Waals surface area contributed by atoms with Crippen LogP contribution in [-0.4, -0.2) is 0 Å². The monoisotopic (exact) mass is 858 g/mol. The Kier molecular flexibility index (Phi) is 15.3. The van der Waals surface area contributed by atoms with Gasteiger partial charge in [0, 0.05) is 25.8 Å². The summed E-state index contributed by atoms with van der Waals surface area (Å²) in [6.45, 7) is 15.8. The van der Waals surface area contributed by atoms with Crippen LogP contribution in [0.4, 0.5) is 0 Å². The number of rotatable bonds is 4. The van der Waals surface area contributed by atoms with Crippen molar-refractivity contribution in [3.05, 3.63) is 171 Å². The third-order valence-corrected chi connectivity index (χ3v) is 9.04. The molecule has 0 nitrogen and oxygen atoms in total. The van der Waals surface area contributed by atoms with Crippen molar-refractivity contribution in [2.24, 2.45) is 0 Å². The molecule has 0 spiro atoms. The zero-order chi connectivity index (χ0) is 32.9. The van der Waals surface area contributed by atoms with Crippen molar-refractivity contribution in [2.45, 2.75) is 46.0 Å². The molecule has 0 bridgehead atoms. The maximum absolute atomic E-state index is 3.38. The summed E-state index contributed by atoms with van der Waals surface area (Å²) in [6, 6.07) is 53.0. The quantitative estimate of drug-likeness (QED) is 0.124. The van der Waals surface area contributed by atoms with Gasteiger partial charge in [-0.3, -0.25) is 0 Å². The molecule has 8 rings (SSSR count). The van der Waals surface area contributed by atoms with E-state index in [1.165, 1.54) is 76.5 Å². The molecule has 0 heterocycles. The Morgan fingerprint density at radius 1 is 0.440 bits per heavy atom. The zero-order valence-corrected chi connectivity index (χ0v) is 34.5. The van der Waals surface area contributed by atoms with Crippen molar-refractivity contribution in [3.63, 3.8) is 0 Å². The summed E-state index contributed by atoms with van der Waals surface area (Å²) in [5, 5.41) is 10.7. The van der Waals surface area contributed by atoms with Crippen LogP contribution >= 0.6 is 0 Å². The van der Waals surface area contributed by atoms with Crippen LogP contribution in [-0.2, 0) is 25.8 Å². The standard InChI is InChI=1S/2C22H19.C3H6.2ClH.Hf/c2*1-15(2)18-13-17-9-6-12-21(22(17)14-18)20-11-5-8-16-7-3-4-10-19(16)20;1-3-2;;;/h2*3-15H,1-2H3;1-3H2;2*1H;/q2*-1;-2;;;/p-2. The third-order valence-electron chi connectivity index (χ3n) is 9.04. The minimum absolute atomic E-state index is 0. The van der Waals surface area contributed by atoms with Gasteiger partial charge in [-0.1, -0.05) is 136 Å². The van der Waals surface area contributed by atoms with Gasteiger partial charge < -0.3 is 45.1 Å². The number of halogens is 2. The molecule has 8 aromatic carbocycles. The first kappa shape index (κ1) is 40.9. The van der Waals surface area contributed by atoms with E-state index in [-0.39, 0.29) is 50.7 Å². The fourth-order valence-corrected chi connectivity index (χ4v) is 6.57. The van der Waals surface area contributed by atoms with E-state index in [9.17, 15) is 0 Å². The number of benzene rings is 6. The molecule has 3 heteroatoms. The zero-order valence-electron chi connectivity index (χ0n) is 29.4. The minimum atomic E-state index is 0. The van der Waals surface area contributed by atoms with Gasteiger partial charge in [0.15, 0.2) is 0 Å². The van der Waals surface area contributed by atoms with Crippen LogP contribution in [0.25, 0.3) is 65.3 Å². The third kappa shape index (κ3) is 8.68. The van der Waals surface area contributed by atoms with Crippen molar-refractivity contribution in [1.29, 1.82) is 0 Å². The molecule has 0 unspecified atom stereocenters. The molecule has 0 saturated carbocycles. The second-order valence-corrected chi connectivity index (χ2v) is 12.9. The van der Waals surface area contributed by atoms with Crippen molar-refractivity contribution in [2.75, 3.05) is 0 Å². The molecule has 0 aliphatic heterocycles. The Morgan fingerprint density at radius 3 is 1.10 bits per heavy atom. The van der Waals surface area contributed by atoms with E-state index in [0.29, 0.717) is 11.8 Å². The van der Waals surface area contributed by atoms with E-state index in [1.54, 1.807) is 0 Å². The summed E-state index contributed by atoms with van der Waals surface area (Å²) in [4.78, 5) is 0. The smallest absolute Gasteiger partial charge is 0 e. The molecule has 8 aromatic rings. The van der Waals surface area contributed by atoms with Gasteiger partial charge in [-0.2, -0.15) is 12.1 Å². The Hall–Kier alpha value is -3.49. The summed E-state index contributed by atoms with van der Waals surface area (Å²) < 4.78 is 0. The fraction of sp³-hybridized carbons (Fsp3) is 0.149. The van der Waals surface area contributed by atoms with Crippen LogP contribution in [0.2, 0.25) is 0 Å². The second kappa shape index (κ2) is 18.7. The molecule has 0 aliphatic rings. The molecule has 0 amide bonds. The molecule has 0 fully saturated rings. The first-order valence-electron chi connectivity index (χ1n) is 16.8. The van der Waals surface area contributed by atoms with Crippen LogP contribution in [0.1, 0.15) is 57.1 Å². The normalized spacial score (nSPS) is 10.6. The van der Waals surface area contributed by atoms with Gasteiger partial charge in [0.25, 0.3) is 0 Å². The maximum atomic E-state index is 3.38. The predicted octanol–water partition coefficient (Wildman–Crippen LogP) is 8.05. The molecular weight excluding hydrogens is 814 g/mol. The van der Waals surface area contributed by atoms with E-state index in [1.807, 2.05) is 0 Å². The Morgan fingerprint density at radius 2 is 0.740 bits per heavy atom. The second-order valence-electron chi connectivity index (χ2n) is 12.9. The summed E-state index contributed by atoms with van der Waals surface area (Å²) in [5.41, 5.74) is 8.15. The van der Waals surface area contributed by atoms with Gasteiger partial charge in [-0.25, -0.2) is 0 Å². The first-order chi connectivity index (χ1) is 22.9. The van der Waals surface area contributed by atoms with Crippen LogP contribution < -0.4 is 24.8 Å². The van der Waals surface area contributed by atoms with Crippen LogP contribution in [0, 0.1) is 13.8 Å². The summed E-state index contributed by atoms with van der Waals surface area (Å²) in [5.74, 6) is 1.13. The van der Waals surface area contributed by atoms with Gasteiger partial charge in [-0.15, -0.1) is 69.1 Å². The molecule has 50 heavy (non-hydrogen) atoms. The number of fused-ring (bicyclic) bond motifs is 4. The molecule has 0 radical (unpaired) electrons. The summed E-state index contributed by atoms with van der Waals surface area (Å²) >= 11 is 0. The summed E-state index contributed by atoms with van der Waals surface area (Å²) in [6.07, 6.45) is 0.750. The average molecular weight is 858 g/mol. The fourth-order valence-electron chi connectivity index (χ4n) is 6.57. The molecular formula is C47H44Cl2Hf-6. The van der Waals surface area contributed by atoms with E-state index in [2.05, 4.69) is 187 Å². The van der Waals surface area contributed by atoms with Crippen molar-refractivity contribution < 1.29 is 50.7 Å². The maximum Gasteiger partial charge on any atom is 0 e. The largest absolute Gasteiger partial charge is 1.00 e. The molecule has 0 atom stereocenters. The van der Waals surface area contributed by atoms with Crippen LogP contribution in [0.3, 0.4) is 0 Å². The Bertz CT molecular complexity index is 2100. The predicted molar refractivity (Wildman–Crippen MR) is 208 cm³/mol. The number of hydrogen-bond donors (Lipinski definition) is 0. The van der Waals surface area contributed by atoms with Gasteiger partial charge in [0.05, 0.1) is 0 Å². The molecule has 0 aromatic heterocycles. The topological polar surface area (TPSA) is 0 Å². The average Bonchev–Trinajstić information content (AvgIpc) is 3.74. The Labute approximate surface area is 330 Å². The van der Waals surface area contributed by atoms with E-state index in [4.69, 9.17) is 0 Å². The van der Waals surface area contributed by atoms with Crippen molar-refractivity contribution >= 4 is 43.1 Å². The van der Waals surface area contributed by atoms with Crippen LogP contribution in [0.15, 0.2) is 146 Å². The minimum Gasteiger partial charge on any atom is -1.00 e. The van der Waals surface area contributed by atoms with E-state index >= 15 is 0 Å². The molecule has 256 valence electrons. The van der Waals surface area contributed by atoms with Gasteiger partial charge >= 0.3 is 0 Å².